The van der Waals surface area contributed by atoms with Crippen LogP contribution < -0.4 is 14.8 Å². The first-order chi connectivity index (χ1) is 11.4. The SMILES string of the molecule is CCOc1ccc(CCNC(=O)[C@H]2CCS(=O)(=O)C2)cc1OCC. The van der Waals surface area contributed by atoms with Gasteiger partial charge in [0.2, 0.25) is 5.91 Å². The monoisotopic (exact) mass is 355 g/mol. The summed E-state index contributed by atoms with van der Waals surface area (Å²) in [6, 6.07) is 5.73. The lowest BCUT2D eigenvalue weighted by Crippen LogP contribution is -2.32. The van der Waals surface area contributed by atoms with Crippen molar-refractivity contribution in [2.24, 2.45) is 5.92 Å². The van der Waals surface area contributed by atoms with Gasteiger partial charge in [0.05, 0.1) is 30.6 Å². The van der Waals surface area contributed by atoms with Crippen LogP contribution in [0.3, 0.4) is 0 Å². The van der Waals surface area contributed by atoms with Crippen molar-refractivity contribution in [3.8, 4) is 11.5 Å². The minimum absolute atomic E-state index is 0.0314. The molecule has 1 heterocycles. The van der Waals surface area contributed by atoms with Crippen molar-refractivity contribution in [1.82, 2.24) is 5.32 Å². The van der Waals surface area contributed by atoms with Crippen LogP contribution in [0.2, 0.25) is 0 Å². The third kappa shape index (κ3) is 5.12. The van der Waals surface area contributed by atoms with Gasteiger partial charge in [-0.15, -0.1) is 0 Å². The molecule has 1 aromatic rings. The Morgan fingerprint density at radius 3 is 2.54 bits per heavy atom. The van der Waals surface area contributed by atoms with Gasteiger partial charge in [-0.2, -0.15) is 0 Å². The van der Waals surface area contributed by atoms with E-state index in [2.05, 4.69) is 5.32 Å². The Labute approximate surface area is 143 Å². The first-order valence-corrected chi connectivity index (χ1v) is 10.1. The highest BCUT2D eigenvalue weighted by Crippen LogP contribution is 2.28. The van der Waals surface area contributed by atoms with E-state index in [-0.39, 0.29) is 17.4 Å². The highest BCUT2D eigenvalue weighted by molar-refractivity contribution is 7.91. The Morgan fingerprint density at radius 2 is 1.92 bits per heavy atom. The van der Waals surface area contributed by atoms with Gasteiger partial charge < -0.3 is 14.8 Å². The van der Waals surface area contributed by atoms with E-state index in [0.717, 1.165) is 5.56 Å². The summed E-state index contributed by atoms with van der Waals surface area (Å²) in [7, 11) is -3.03. The minimum Gasteiger partial charge on any atom is -0.490 e. The second kappa shape index (κ2) is 8.37. The number of sulfone groups is 1. The Hall–Kier alpha value is -1.76. The number of ether oxygens (including phenoxy) is 2. The molecule has 134 valence electrons. The molecule has 2 rings (SSSR count). The number of amides is 1. The average Bonchev–Trinajstić information content (AvgIpc) is 2.90. The second-order valence-corrected chi connectivity index (χ2v) is 8.02. The third-order valence-electron chi connectivity index (χ3n) is 3.92. The zero-order valence-electron chi connectivity index (χ0n) is 14.2. The summed E-state index contributed by atoms with van der Waals surface area (Å²) in [6.07, 6.45) is 1.07. The summed E-state index contributed by atoms with van der Waals surface area (Å²) in [5, 5.41) is 2.83. The number of carbonyl (C=O) groups excluding carboxylic acids is 1. The number of hydrogen-bond donors (Lipinski definition) is 1. The fourth-order valence-electron chi connectivity index (χ4n) is 2.73. The summed E-state index contributed by atoms with van der Waals surface area (Å²) in [5.41, 5.74) is 1.03. The summed E-state index contributed by atoms with van der Waals surface area (Å²) in [6.45, 7) is 5.42. The molecule has 0 radical (unpaired) electrons. The first kappa shape index (κ1) is 18.6. The van der Waals surface area contributed by atoms with Crippen LogP contribution in [0.15, 0.2) is 18.2 Å². The molecule has 24 heavy (non-hydrogen) atoms. The van der Waals surface area contributed by atoms with Gasteiger partial charge in [0.1, 0.15) is 0 Å². The van der Waals surface area contributed by atoms with E-state index in [0.29, 0.717) is 44.1 Å². The van der Waals surface area contributed by atoms with Crippen LogP contribution in [0.4, 0.5) is 0 Å². The van der Waals surface area contributed by atoms with Crippen molar-refractivity contribution >= 4 is 15.7 Å². The van der Waals surface area contributed by atoms with E-state index in [9.17, 15) is 13.2 Å². The van der Waals surface area contributed by atoms with Crippen LogP contribution in [-0.2, 0) is 21.1 Å². The Kier molecular flexibility index (Phi) is 6.48. The van der Waals surface area contributed by atoms with Crippen molar-refractivity contribution in [3.05, 3.63) is 23.8 Å². The quantitative estimate of drug-likeness (QED) is 0.766. The van der Waals surface area contributed by atoms with Crippen LogP contribution in [-0.4, -0.2) is 45.6 Å². The Bertz CT molecular complexity index is 672. The largest absolute Gasteiger partial charge is 0.490 e. The highest BCUT2D eigenvalue weighted by Gasteiger charge is 2.32. The van der Waals surface area contributed by atoms with Crippen LogP contribution >= 0.6 is 0 Å². The molecule has 0 aliphatic carbocycles. The summed E-state index contributed by atoms with van der Waals surface area (Å²) in [5.74, 6) is 0.910. The molecule has 1 N–H and O–H groups in total. The van der Waals surface area contributed by atoms with Crippen LogP contribution in [0.5, 0.6) is 11.5 Å². The molecule has 1 atom stereocenters. The topological polar surface area (TPSA) is 81.7 Å². The molecule has 7 heteroatoms. The zero-order valence-corrected chi connectivity index (χ0v) is 15.0. The molecular weight excluding hydrogens is 330 g/mol. The molecule has 1 aromatic carbocycles. The van der Waals surface area contributed by atoms with Gasteiger partial charge in [-0.25, -0.2) is 8.42 Å². The molecular formula is C17H25NO5S. The number of nitrogens with one attached hydrogen (secondary N) is 1. The van der Waals surface area contributed by atoms with Gasteiger partial charge in [0.25, 0.3) is 0 Å². The minimum atomic E-state index is -3.03. The molecule has 1 amide bonds. The molecule has 0 saturated carbocycles. The fourth-order valence-corrected chi connectivity index (χ4v) is 4.47. The van der Waals surface area contributed by atoms with Crippen LogP contribution in [0.25, 0.3) is 0 Å². The van der Waals surface area contributed by atoms with Crippen molar-refractivity contribution < 1.29 is 22.7 Å². The van der Waals surface area contributed by atoms with E-state index in [1.165, 1.54) is 0 Å². The molecule has 0 spiro atoms. The van der Waals surface area contributed by atoms with Gasteiger partial charge in [-0.3, -0.25) is 4.79 Å². The molecule has 1 aliphatic rings. The zero-order chi connectivity index (χ0) is 17.6. The standard InChI is InChI=1S/C17H25NO5S/c1-3-22-15-6-5-13(11-16(15)23-4-2)7-9-18-17(19)14-8-10-24(20,21)12-14/h5-6,11,14H,3-4,7-10,12H2,1-2H3,(H,18,19)/t14-/m0/s1. The summed E-state index contributed by atoms with van der Waals surface area (Å²) in [4.78, 5) is 12.0. The van der Waals surface area contributed by atoms with Crippen molar-refractivity contribution in [3.63, 3.8) is 0 Å². The molecule has 0 aromatic heterocycles. The first-order valence-electron chi connectivity index (χ1n) is 8.31. The number of hydrogen-bond acceptors (Lipinski definition) is 5. The van der Waals surface area contributed by atoms with E-state index in [1.807, 2.05) is 32.0 Å². The fraction of sp³-hybridized carbons (Fsp3) is 0.588. The van der Waals surface area contributed by atoms with E-state index in [4.69, 9.17) is 9.47 Å². The van der Waals surface area contributed by atoms with Crippen molar-refractivity contribution in [2.75, 3.05) is 31.3 Å². The van der Waals surface area contributed by atoms with Crippen LogP contribution in [0, 0.1) is 5.92 Å². The summed E-state index contributed by atoms with van der Waals surface area (Å²) < 4.78 is 33.9. The number of benzene rings is 1. The van der Waals surface area contributed by atoms with Gasteiger partial charge >= 0.3 is 0 Å². The van der Waals surface area contributed by atoms with E-state index < -0.39 is 15.8 Å². The predicted molar refractivity (Wildman–Crippen MR) is 92.3 cm³/mol. The van der Waals surface area contributed by atoms with Crippen molar-refractivity contribution in [2.45, 2.75) is 26.7 Å². The lowest BCUT2D eigenvalue weighted by Gasteiger charge is -2.13. The summed E-state index contributed by atoms with van der Waals surface area (Å²) >= 11 is 0. The van der Waals surface area contributed by atoms with Gasteiger partial charge in [-0.1, -0.05) is 6.07 Å². The Morgan fingerprint density at radius 1 is 1.21 bits per heavy atom. The molecule has 0 unspecified atom stereocenters. The molecule has 0 bridgehead atoms. The normalized spacial score (nSPS) is 19.0. The molecule has 1 saturated heterocycles. The van der Waals surface area contributed by atoms with Crippen molar-refractivity contribution in [1.29, 1.82) is 0 Å². The lowest BCUT2D eigenvalue weighted by atomic mass is 10.1. The average molecular weight is 355 g/mol. The van der Waals surface area contributed by atoms with Gasteiger partial charge in [0, 0.05) is 6.54 Å². The highest BCUT2D eigenvalue weighted by atomic mass is 32.2. The predicted octanol–water partition coefficient (Wildman–Crippen LogP) is 1.58. The maximum absolute atomic E-state index is 12.0. The molecule has 6 nitrogen and oxygen atoms in total. The second-order valence-electron chi connectivity index (χ2n) is 5.79. The third-order valence-corrected chi connectivity index (χ3v) is 5.69. The van der Waals surface area contributed by atoms with Gasteiger partial charge in [0.15, 0.2) is 21.3 Å². The smallest absolute Gasteiger partial charge is 0.224 e. The van der Waals surface area contributed by atoms with E-state index >= 15 is 0 Å². The van der Waals surface area contributed by atoms with E-state index in [1.54, 1.807) is 0 Å². The lowest BCUT2D eigenvalue weighted by molar-refractivity contribution is -0.124. The maximum atomic E-state index is 12.0. The van der Waals surface area contributed by atoms with Gasteiger partial charge in [-0.05, 0) is 44.4 Å². The number of rotatable bonds is 8. The van der Waals surface area contributed by atoms with Crippen LogP contribution in [0.1, 0.15) is 25.8 Å². The number of carbonyl (C=O) groups is 1. The maximum Gasteiger partial charge on any atom is 0.224 e. The molecule has 1 aliphatic heterocycles. The molecule has 1 fully saturated rings. The Balaban J connectivity index is 1.87.